The van der Waals surface area contributed by atoms with Gasteiger partial charge in [-0.25, -0.2) is 0 Å². The maximum atomic E-state index is 12.3. The van der Waals surface area contributed by atoms with Crippen molar-refractivity contribution in [3.8, 4) is 5.75 Å². The van der Waals surface area contributed by atoms with E-state index in [9.17, 15) is 9.59 Å². The normalized spacial score (nSPS) is 17.7. The number of amides is 2. The number of nitrogens with one attached hydrogen (secondary N) is 3. The number of anilines is 1. The smallest absolute Gasteiger partial charge is 0.291 e. The van der Waals surface area contributed by atoms with Crippen LogP contribution in [0.4, 0.5) is 5.69 Å². The van der Waals surface area contributed by atoms with E-state index < -0.39 is 0 Å². The van der Waals surface area contributed by atoms with Crippen molar-refractivity contribution in [1.29, 1.82) is 0 Å². The highest BCUT2D eigenvalue weighted by Crippen LogP contribution is 2.30. The second kappa shape index (κ2) is 9.56. The molecular formula is C23H26N3O4+. The molecule has 3 N–H and O–H groups in total. The first-order chi connectivity index (χ1) is 14.7. The summed E-state index contributed by atoms with van der Waals surface area (Å²) in [5.74, 6) is 0.444. The van der Waals surface area contributed by atoms with Gasteiger partial charge in [-0.05, 0) is 35.9 Å². The predicted molar refractivity (Wildman–Crippen MR) is 113 cm³/mol. The summed E-state index contributed by atoms with van der Waals surface area (Å²) < 4.78 is 11.1. The van der Waals surface area contributed by atoms with Crippen molar-refractivity contribution in [2.75, 3.05) is 44.7 Å². The second-order valence-corrected chi connectivity index (χ2v) is 7.40. The highest BCUT2D eigenvalue weighted by molar-refractivity contribution is 6.08. The number of benzene rings is 2. The molecule has 2 aromatic carbocycles. The van der Waals surface area contributed by atoms with Gasteiger partial charge in [0.1, 0.15) is 13.1 Å². The number of rotatable bonds is 6. The third kappa shape index (κ3) is 5.06. The summed E-state index contributed by atoms with van der Waals surface area (Å²) in [6, 6.07) is 14.4. The zero-order valence-electron chi connectivity index (χ0n) is 16.8. The maximum absolute atomic E-state index is 12.3. The summed E-state index contributed by atoms with van der Waals surface area (Å²) in [4.78, 5) is 26.1. The van der Waals surface area contributed by atoms with Crippen molar-refractivity contribution in [3.05, 3.63) is 65.4 Å². The molecule has 30 heavy (non-hydrogen) atoms. The highest BCUT2D eigenvalue weighted by atomic mass is 16.5. The molecule has 0 aromatic heterocycles. The average molecular weight is 408 g/mol. The Bertz CT molecular complexity index is 934. The molecule has 1 saturated heterocycles. The average Bonchev–Trinajstić information content (AvgIpc) is 2.78. The molecule has 0 spiro atoms. The Balaban J connectivity index is 1.30. The molecule has 0 radical (unpaired) electrons. The minimum atomic E-state index is -0.294. The first kappa shape index (κ1) is 20.1. The van der Waals surface area contributed by atoms with Crippen LogP contribution in [0.2, 0.25) is 0 Å². The molecule has 2 amide bonds. The fourth-order valence-electron chi connectivity index (χ4n) is 3.54. The van der Waals surface area contributed by atoms with Gasteiger partial charge in [-0.3, -0.25) is 9.59 Å². The minimum Gasteiger partial charge on any atom is -0.449 e. The van der Waals surface area contributed by atoms with E-state index in [1.807, 2.05) is 12.1 Å². The van der Waals surface area contributed by atoms with Crippen LogP contribution in [-0.2, 0) is 9.53 Å². The molecular weight excluding hydrogens is 382 g/mol. The van der Waals surface area contributed by atoms with Gasteiger partial charge in [-0.2, -0.15) is 0 Å². The molecule has 2 aliphatic heterocycles. The number of hydrogen-bond donors (Lipinski definition) is 3. The van der Waals surface area contributed by atoms with Gasteiger partial charge < -0.3 is 25.0 Å². The zero-order valence-corrected chi connectivity index (χ0v) is 16.8. The molecule has 7 heteroatoms. The SMILES string of the molecule is O=C1Nc2ccccc2OC1=Cc1ccc(C(=O)NCCC[NH+]2CCOCC2)cc1. The Morgan fingerprint density at radius 1 is 1.10 bits per heavy atom. The maximum Gasteiger partial charge on any atom is 0.291 e. The molecule has 2 aliphatic rings. The van der Waals surface area contributed by atoms with Gasteiger partial charge in [0.15, 0.2) is 11.5 Å². The molecule has 0 atom stereocenters. The quantitative estimate of drug-likeness (QED) is 0.494. The number of ether oxygens (including phenoxy) is 2. The van der Waals surface area contributed by atoms with Crippen LogP contribution in [0.15, 0.2) is 54.3 Å². The van der Waals surface area contributed by atoms with Crippen LogP contribution in [0.3, 0.4) is 0 Å². The van der Waals surface area contributed by atoms with E-state index in [0.717, 1.165) is 44.8 Å². The van der Waals surface area contributed by atoms with Crippen molar-refractivity contribution in [3.63, 3.8) is 0 Å². The molecule has 7 nitrogen and oxygen atoms in total. The predicted octanol–water partition coefficient (Wildman–Crippen LogP) is 1.09. The van der Waals surface area contributed by atoms with Gasteiger partial charge >= 0.3 is 0 Å². The van der Waals surface area contributed by atoms with Crippen LogP contribution in [-0.4, -0.2) is 51.2 Å². The summed E-state index contributed by atoms with van der Waals surface area (Å²) >= 11 is 0. The van der Waals surface area contributed by atoms with Gasteiger partial charge in [0.25, 0.3) is 11.8 Å². The Kier molecular flexibility index (Phi) is 6.41. The number of hydrogen-bond acceptors (Lipinski definition) is 4. The van der Waals surface area contributed by atoms with Crippen LogP contribution in [0.5, 0.6) is 5.75 Å². The zero-order chi connectivity index (χ0) is 20.8. The summed E-state index contributed by atoms with van der Waals surface area (Å²) in [5.41, 5.74) is 2.03. The van der Waals surface area contributed by atoms with Gasteiger partial charge in [-0.15, -0.1) is 0 Å². The Morgan fingerprint density at radius 3 is 2.67 bits per heavy atom. The fraction of sp³-hybridized carbons (Fsp3) is 0.304. The standard InChI is InChI=1S/C23H25N3O4/c27-22(24-10-3-11-26-12-14-29-15-13-26)18-8-6-17(7-9-18)16-21-23(28)25-19-4-1-2-5-20(19)30-21/h1-2,4-9,16H,3,10-15H2,(H,24,27)(H,25,28)/p+1. The third-order valence-corrected chi connectivity index (χ3v) is 5.24. The van der Waals surface area contributed by atoms with E-state index in [1.165, 1.54) is 4.90 Å². The largest absolute Gasteiger partial charge is 0.449 e. The van der Waals surface area contributed by atoms with E-state index in [0.29, 0.717) is 23.5 Å². The molecule has 0 bridgehead atoms. The Morgan fingerprint density at radius 2 is 1.87 bits per heavy atom. The summed E-state index contributed by atoms with van der Waals surface area (Å²) in [7, 11) is 0. The van der Waals surface area contributed by atoms with E-state index in [2.05, 4.69) is 10.6 Å². The van der Waals surface area contributed by atoms with Crippen molar-refractivity contribution >= 4 is 23.6 Å². The molecule has 0 unspecified atom stereocenters. The molecule has 2 heterocycles. The number of para-hydroxylation sites is 2. The monoisotopic (exact) mass is 408 g/mol. The Labute approximate surface area is 175 Å². The van der Waals surface area contributed by atoms with Gasteiger partial charge in [0, 0.05) is 18.5 Å². The second-order valence-electron chi connectivity index (χ2n) is 7.40. The lowest BCUT2D eigenvalue weighted by atomic mass is 10.1. The number of carbonyl (C=O) groups excluding carboxylic acids is 2. The Hall–Kier alpha value is -3.16. The minimum absolute atomic E-state index is 0.0910. The lowest BCUT2D eigenvalue weighted by molar-refractivity contribution is -0.908. The van der Waals surface area contributed by atoms with Crippen LogP contribution >= 0.6 is 0 Å². The fourth-order valence-corrected chi connectivity index (χ4v) is 3.54. The molecule has 0 saturated carbocycles. The lowest BCUT2D eigenvalue weighted by Crippen LogP contribution is -3.14. The van der Waals surface area contributed by atoms with E-state index in [4.69, 9.17) is 9.47 Å². The van der Waals surface area contributed by atoms with Crippen molar-refractivity contribution < 1.29 is 24.0 Å². The number of fused-ring (bicyclic) bond motifs is 1. The summed E-state index contributed by atoms with van der Waals surface area (Å²) in [5, 5.41) is 5.78. The topological polar surface area (TPSA) is 81.1 Å². The van der Waals surface area contributed by atoms with Crippen LogP contribution < -0.4 is 20.3 Å². The highest BCUT2D eigenvalue weighted by Gasteiger charge is 2.21. The van der Waals surface area contributed by atoms with Crippen LogP contribution in [0.25, 0.3) is 6.08 Å². The number of morpholine rings is 1. The van der Waals surface area contributed by atoms with E-state index in [-0.39, 0.29) is 17.6 Å². The van der Waals surface area contributed by atoms with Crippen molar-refractivity contribution in [2.45, 2.75) is 6.42 Å². The van der Waals surface area contributed by atoms with Crippen molar-refractivity contribution in [1.82, 2.24) is 5.32 Å². The van der Waals surface area contributed by atoms with E-state index >= 15 is 0 Å². The molecule has 4 rings (SSSR count). The number of quaternary nitrogens is 1. The van der Waals surface area contributed by atoms with Gasteiger partial charge in [0.05, 0.1) is 25.4 Å². The van der Waals surface area contributed by atoms with Crippen molar-refractivity contribution in [2.24, 2.45) is 0 Å². The first-order valence-electron chi connectivity index (χ1n) is 10.3. The first-order valence-corrected chi connectivity index (χ1v) is 10.3. The number of carbonyl (C=O) groups is 2. The van der Waals surface area contributed by atoms with E-state index in [1.54, 1.807) is 42.5 Å². The third-order valence-electron chi connectivity index (χ3n) is 5.24. The van der Waals surface area contributed by atoms with Gasteiger partial charge in [-0.1, -0.05) is 24.3 Å². The lowest BCUT2D eigenvalue weighted by Gasteiger charge is -2.23. The molecule has 0 aliphatic carbocycles. The molecule has 1 fully saturated rings. The van der Waals surface area contributed by atoms with Crippen LogP contribution in [0.1, 0.15) is 22.3 Å². The van der Waals surface area contributed by atoms with Gasteiger partial charge in [0.2, 0.25) is 0 Å². The van der Waals surface area contributed by atoms with Crippen LogP contribution in [0, 0.1) is 0 Å². The summed E-state index contributed by atoms with van der Waals surface area (Å²) in [6.07, 6.45) is 2.61. The summed E-state index contributed by atoms with van der Waals surface area (Å²) in [6.45, 7) is 5.42. The molecule has 156 valence electrons. The molecule has 2 aromatic rings.